The van der Waals surface area contributed by atoms with Gasteiger partial charge in [0.15, 0.2) is 0 Å². The Morgan fingerprint density at radius 3 is 2.47 bits per heavy atom. The number of benzene rings is 2. The number of aliphatic carboxylic acids is 1. The molecule has 0 saturated carbocycles. The number of hydrogen-bond acceptors (Lipinski definition) is 4. The molecule has 2 heterocycles. The highest BCUT2D eigenvalue weighted by Gasteiger charge is 2.30. The van der Waals surface area contributed by atoms with Gasteiger partial charge < -0.3 is 18.7 Å². The van der Waals surface area contributed by atoms with Crippen LogP contribution in [0.4, 0.5) is 13.2 Å². The second kappa shape index (κ2) is 8.45. The minimum absolute atomic E-state index is 0.00971. The van der Waals surface area contributed by atoms with Gasteiger partial charge >= 0.3 is 12.1 Å². The number of carboxylic acid groups (broad SMARTS) is 1. The summed E-state index contributed by atoms with van der Waals surface area (Å²) in [5.74, 6) is 1.37. The first-order chi connectivity index (χ1) is 15.2. The smallest absolute Gasteiger partial charge is 0.416 e. The van der Waals surface area contributed by atoms with Crippen LogP contribution in [0.1, 0.15) is 29.1 Å². The molecule has 0 aliphatic carbocycles. The van der Waals surface area contributed by atoms with E-state index in [2.05, 4.69) is 0 Å². The minimum atomic E-state index is -4.39. The number of furan rings is 2. The second-order valence-corrected chi connectivity index (χ2v) is 7.36. The standard InChI is InChI=1S/C24H19F3O5/c1-14-17(12-22(31-14)15-2-4-18(5-3-15)24(25,26)27)13-30-19-6-8-21-16(10-19)11-20(32-21)7-9-23(28)29/h2-6,8,10-12H,7,9,13H2,1H3,(H,28,29). The molecule has 2 aromatic heterocycles. The van der Waals surface area contributed by atoms with Crippen molar-refractivity contribution in [2.24, 2.45) is 0 Å². The number of carbonyl (C=O) groups is 1. The van der Waals surface area contributed by atoms with Crippen LogP contribution in [0.15, 0.2) is 63.4 Å². The average molecular weight is 444 g/mol. The Bertz CT molecular complexity index is 1250. The Labute approximate surface area is 181 Å². The molecule has 0 bridgehead atoms. The van der Waals surface area contributed by atoms with Crippen molar-refractivity contribution in [2.75, 3.05) is 0 Å². The van der Waals surface area contributed by atoms with Gasteiger partial charge in [0, 0.05) is 22.9 Å². The van der Waals surface area contributed by atoms with Crippen LogP contribution in [0.3, 0.4) is 0 Å². The predicted octanol–water partition coefficient (Wildman–Crippen LogP) is 6.62. The maximum Gasteiger partial charge on any atom is 0.416 e. The molecule has 0 spiro atoms. The van der Waals surface area contributed by atoms with E-state index in [1.807, 2.05) is 0 Å². The average Bonchev–Trinajstić information content (AvgIpc) is 3.32. The van der Waals surface area contributed by atoms with Crippen LogP contribution < -0.4 is 4.74 Å². The summed E-state index contributed by atoms with van der Waals surface area (Å²) < 4.78 is 55.5. The quantitative estimate of drug-likeness (QED) is 0.347. The van der Waals surface area contributed by atoms with Gasteiger partial charge in [-0.25, -0.2) is 0 Å². The maximum absolute atomic E-state index is 12.8. The van der Waals surface area contributed by atoms with Gasteiger partial charge in [-0.15, -0.1) is 0 Å². The number of aryl methyl sites for hydroxylation is 2. The lowest BCUT2D eigenvalue weighted by Crippen LogP contribution is -2.03. The van der Waals surface area contributed by atoms with Crippen molar-refractivity contribution < 1.29 is 36.6 Å². The van der Waals surface area contributed by atoms with E-state index in [1.54, 1.807) is 37.3 Å². The van der Waals surface area contributed by atoms with E-state index >= 15 is 0 Å². The number of fused-ring (bicyclic) bond motifs is 1. The molecular weight excluding hydrogens is 425 g/mol. The molecule has 8 heteroatoms. The van der Waals surface area contributed by atoms with Crippen molar-refractivity contribution in [3.05, 3.63) is 77.2 Å². The monoisotopic (exact) mass is 444 g/mol. The third kappa shape index (κ3) is 4.80. The van der Waals surface area contributed by atoms with Crippen LogP contribution >= 0.6 is 0 Å². The van der Waals surface area contributed by atoms with Gasteiger partial charge in [-0.2, -0.15) is 13.2 Å². The van der Waals surface area contributed by atoms with E-state index in [0.717, 1.165) is 23.1 Å². The number of rotatable bonds is 7. The number of halogens is 3. The molecule has 5 nitrogen and oxygen atoms in total. The van der Waals surface area contributed by atoms with E-state index in [0.29, 0.717) is 40.6 Å². The summed E-state index contributed by atoms with van der Waals surface area (Å²) >= 11 is 0. The molecular formula is C24H19F3O5. The van der Waals surface area contributed by atoms with Crippen LogP contribution in [0.5, 0.6) is 5.75 Å². The highest BCUT2D eigenvalue weighted by atomic mass is 19.4. The molecule has 1 N–H and O–H groups in total. The zero-order chi connectivity index (χ0) is 22.9. The molecule has 166 valence electrons. The Hall–Kier alpha value is -3.68. The molecule has 0 aliphatic heterocycles. The number of hydrogen-bond donors (Lipinski definition) is 1. The zero-order valence-corrected chi connectivity index (χ0v) is 17.0. The number of ether oxygens (including phenoxy) is 1. The molecule has 0 amide bonds. The first-order valence-corrected chi connectivity index (χ1v) is 9.83. The van der Waals surface area contributed by atoms with Crippen LogP contribution in [0, 0.1) is 6.92 Å². The highest BCUT2D eigenvalue weighted by Crippen LogP contribution is 2.32. The van der Waals surface area contributed by atoms with E-state index < -0.39 is 17.7 Å². The van der Waals surface area contributed by atoms with Crippen molar-refractivity contribution >= 4 is 16.9 Å². The van der Waals surface area contributed by atoms with Crippen LogP contribution in [0.2, 0.25) is 0 Å². The van der Waals surface area contributed by atoms with Crippen molar-refractivity contribution in [1.29, 1.82) is 0 Å². The van der Waals surface area contributed by atoms with Crippen LogP contribution in [-0.4, -0.2) is 11.1 Å². The summed E-state index contributed by atoms with van der Waals surface area (Å²) in [6.07, 6.45) is -4.09. The second-order valence-electron chi connectivity index (χ2n) is 7.36. The van der Waals surface area contributed by atoms with Crippen LogP contribution in [0.25, 0.3) is 22.3 Å². The fraction of sp³-hybridized carbons (Fsp3) is 0.208. The number of carboxylic acids is 1. The SMILES string of the molecule is Cc1oc(-c2ccc(C(F)(F)F)cc2)cc1COc1ccc2oc(CCC(=O)O)cc2c1. The molecule has 0 saturated heterocycles. The van der Waals surface area contributed by atoms with Gasteiger partial charge in [0.2, 0.25) is 0 Å². The largest absolute Gasteiger partial charge is 0.489 e. The normalized spacial score (nSPS) is 11.8. The van der Waals surface area contributed by atoms with Crippen LogP contribution in [-0.2, 0) is 24.0 Å². The lowest BCUT2D eigenvalue weighted by atomic mass is 10.1. The summed E-state index contributed by atoms with van der Waals surface area (Å²) in [6.45, 7) is 1.98. The Morgan fingerprint density at radius 2 is 1.78 bits per heavy atom. The van der Waals surface area contributed by atoms with Gasteiger partial charge in [-0.1, -0.05) is 12.1 Å². The summed E-state index contributed by atoms with van der Waals surface area (Å²) in [5.41, 5.74) is 1.24. The molecule has 0 aliphatic rings. The molecule has 0 radical (unpaired) electrons. The summed E-state index contributed by atoms with van der Waals surface area (Å²) in [6, 6.07) is 13.6. The third-order valence-corrected chi connectivity index (χ3v) is 5.04. The molecule has 0 fully saturated rings. The van der Waals surface area contributed by atoms with Gasteiger partial charge in [-0.05, 0) is 49.4 Å². The van der Waals surface area contributed by atoms with Gasteiger partial charge in [0.05, 0.1) is 12.0 Å². The fourth-order valence-electron chi connectivity index (χ4n) is 3.31. The van der Waals surface area contributed by atoms with E-state index in [4.69, 9.17) is 18.7 Å². The Morgan fingerprint density at radius 1 is 1.03 bits per heavy atom. The molecule has 0 atom stereocenters. The van der Waals surface area contributed by atoms with Gasteiger partial charge in [0.1, 0.15) is 35.2 Å². The number of alkyl halides is 3. The summed E-state index contributed by atoms with van der Waals surface area (Å²) in [7, 11) is 0. The highest BCUT2D eigenvalue weighted by molar-refractivity contribution is 5.79. The first kappa shape index (κ1) is 21.5. The Kier molecular flexibility index (Phi) is 5.69. The minimum Gasteiger partial charge on any atom is -0.489 e. The Balaban J connectivity index is 1.45. The lowest BCUT2D eigenvalue weighted by molar-refractivity contribution is -0.138. The van der Waals surface area contributed by atoms with Gasteiger partial charge in [0.25, 0.3) is 0 Å². The van der Waals surface area contributed by atoms with E-state index in [9.17, 15) is 18.0 Å². The summed E-state index contributed by atoms with van der Waals surface area (Å²) in [5, 5.41) is 9.60. The lowest BCUT2D eigenvalue weighted by Gasteiger charge is -2.06. The van der Waals surface area contributed by atoms with Crippen molar-refractivity contribution in [2.45, 2.75) is 32.5 Å². The first-order valence-electron chi connectivity index (χ1n) is 9.83. The topological polar surface area (TPSA) is 72.8 Å². The molecule has 4 aromatic rings. The van der Waals surface area contributed by atoms with E-state index in [1.165, 1.54) is 12.1 Å². The maximum atomic E-state index is 12.8. The van der Waals surface area contributed by atoms with Crippen molar-refractivity contribution in [3.8, 4) is 17.1 Å². The zero-order valence-electron chi connectivity index (χ0n) is 17.0. The van der Waals surface area contributed by atoms with E-state index in [-0.39, 0.29) is 13.0 Å². The van der Waals surface area contributed by atoms with Crippen molar-refractivity contribution in [1.82, 2.24) is 0 Å². The molecule has 32 heavy (non-hydrogen) atoms. The fourth-order valence-corrected chi connectivity index (χ4v) is 3.31. The van der Waals surface area contributed by atoms with Crippen molar-refractivity contribution in [3.63, 3.8) is 0 Å². The third-order valence-electron chi connectivity index (χ3n) is 5.04. The van der Waals surface area contributed by atoms with Gasteiger partial charge in [-0.3, -0.25) is 4.79 Å². The molecule has 0 unspecified atom stereocenters. The predicted molar refractivity (Wildman–Crippen MR) is 110 cm³/mol. The molecule has 4 rings (SSSR count). The summed E-state index contributed by atoms with van der Waals surface area (Å²) in [4.78, 5) is 10.7. The molecule has 2 aromatic carbocycles.